The maximum absolute atomic E-state index is 13.2. The lowest BCUT2D eigenvalue weighted by molar-refractivity contribution is -0.143. The lowest BCUT2D eigenvalue weighted by Gasteiger charge is -2.34. The normalized spacial score (nSPS) is 15.0. The number of amides is 3. The van der Waals surface area contributed by atoms with Crippen LogP contribution in [-0.2, 0) is 23.6 Å². The number of carbonyl (C=O) groups is 3. The van der Waals surface area contributed by atoms with Crippen LogP contribution in [0.15, 0.2) is 48.7 Å². The SMILES string of the molecule is CN(C(=O)c1cc(C(F)(F)F)cc(C(F)(F)F)c1)C(CC(=O)O)Cc1c[nH]c2ccccc12.CN(C)C1CCN(C(N)=O)CC1. The Morgan fingerprint density at radius 3 is 2.02 bits per heavy atom. The fourth-order valence-electron chi connectivity index (χ4n) is 5.15. The van der Waals surface area contributed by atoms with E-state index in [-0.39, 0.29) is 18.5 Å². The van der Waals surface area contributed by atoms with E-state index < -0.39 is 53.4 Å². The van der Waals surface area contributed by atoms with Crippen molar-refractivity contribution in [3.8, 4) is 0 Å². The molecule has 1 aliphatic heterocycles. The number of likely N-dealkylation sites (N-methyl/N-ethyl adjacent to an activating group) is 1. The Kier molecular flexibility index (Phi) is 11.1. The zero-order chi connectivity index (χ0) is 33.7. The van der Waals surface area contributed by atoms with Crippen molar-refractivity contribution in [3.63, 3.8) is 0 Å². The zero-order valence-electron chi connectivity index (χ0n) is 24.9. The van der Waals surface area contributed by atoms with E-state index >= 15 is 0 Å². The molecule has 0 radical (unpaired) electrons. The second kappa shape index (κ2) is 14.2. The molecule has 2 aromatic carbocycles. The molecule has 0 aliphatic carbocycles. The van der Waals surface area contributed by atoms with Crippen LogP contribution in [0.3, 0.4) is 0 Å². The van der Waals surface area contributed by atoms with Crippen LogP contribution in [-0.4, -0.2) is 89.0 Å². The Hall–Kier alpha value is -4.27. The first kappa shape index (κ1) is 35.2. The number of aromatic nitrogens is 1. The van der Waals surface area contributed by atoms with Gasteiger partial charge >= 0.3 is 24.4 Å². The van der Waals surface area contributed by atoms with Crippen molar-refractivity contribution in [1.29, 1.82) is 0 Å². The number of rotatable bonds is 7. The fourth-order valence-corrected chi connectivity index (χ4v) is 5.15. The molecule has 3 aromatic rings. The molecular weight excluding hydrogens is 608 g/mol. The lowest BCUT2D eigenvalue weighted by atomic mass is 9.99. The molecule has 45 heavy (non-hydrogen) atoms. The largest absolute Gasteiger partial charge is 0.481 e. The number of aliphatic carboxylic acids is 1. The Bertz CT molecular complexity index is 1460. The van der Waals surface area contributed by atoms with Gasteiger partial charge in [0.15, 0.2) is 0 Å². The molecule has 1 aromatic heterocycles. The van der Waals surface area contributed by atoms with Gasteiger partial charge in [-0.1, -0.05) is 18.2 Å². The number of nitrogens with one attached hydrogen (secondary N) is 1. The number of carbonyl (C=O) groups excluding carboxylic acids is 2. The maximum atomic E-state index is 13.2. The number of H-pyrrole nitrogens is 1. The van der Waals surface area contributed by atoms with Gasteiger partial charge in [-0.15, -0.1) is 0 Å². The number of alkyl halides is 6. The number of carboxylic acids is 1. The molecule has 1 saturated heterocycles. The van der Waals surface area contributed by atoms with E-state index in [0.717, 1.165) is 48.8 Å². The van der Waals surface area contributed by atoms with Gasteiger partial charge in [0.25, 0.3) is 5.91 Å². The number of fused-ring (bicyclic) bond motifs is 1. The number of benzene rings is 2. The molecule has 1 fully saturated rings. The highest BCUT2D eigenvalue weighted by Gasteiger charge is 2.38. The third-order valence-electron chi connectivity index (χ3n) is 7.75. The minimum Gasteiger partial charge on any atom is -0.481 e. The van der Waals surface area contributed by atoms with E-state index in [2.05, 4.69) is 24.0 Å². The summed E-state index contributed by atoms with van der Waals surface area (Å²) < 4.78 is 78.9. The van der Waals surface area contributed by atoms with Crippen LogP contribution in [0.2, 0.25) is 0 Å². The topological polar surface area (TPSA) is 123 Å². The molecule has 1 unspecified atom stereocenters. The molecule has 3 amide bonds. The van der Waals surface area contributed by atoms with Crippen molar-refractivity contribution >= 4 is 28.8 Å². The highest BCUT2D eigenvalue weighted by molar-refractivity contribution is 5.95. The van der Waals surface area contributed by atoms with E-state index in [1.54, 1.807) is 35.4 Å². The fraction of sp³-hybridized carbons (Fsp3) is 0.433. The molecule has 4 rings (SSSR count). The second-order valence-electron chi connectivity index (χ2n) is 11.0. The number of hydrogen-bond donors (Lipinski definition) is 3. The molecule has 15 heteroatoms. The van der Waals surface area contributed by atoms with Gasteiger partial charge in [-0.05, 0) is 63.2 Å². The van der Waals surface area contributed by atoms with Crippen LogP contribution in [0.1, 0.15) is 46.3 Å². The number of nitrogens with two attached hydrogens (primary N) is 1. The number of urea groups is 1. The summed E-state index contributed by atoms with van der Waals surface area (Å²) in [5.74, 6) is -2.43. The summed E-state index contributed by atoms with van der Waals surface area (Å²) >= 11 is 0. The van der Waals surface area contributed by atoms with Gasteiger partial charge in [0, 0.05) is 54.9 Å². The predicted molar refractivity (Wildman–Crippen MR) is 154 cm³/mol. The zero-order valence-corrected chi connectivity index (χ0v) is 24.9. The maximum Gasteiger partial charge on any atom is 0.416 e. The number of likely N-dealkylation sites (tertiary alicyclic amines) is 1. The number of piperidine rings is 1. The first-order valence-electron chi connectivity index (χ1n) is 13.9. The van der Waals surface area contributed by atoms with Crippen LogP contribution >= 0.6 is 0 Å². The summed E-state index contributed by atoms with van der Waals surface area (Å²) in [6, 6.07) is 6.96. The number of para-hydroxylation sites is 1. The lowest BCUT2D eigenvalue weighted by Crippen LogP contribution is -2.46. The third kappa shape index (κ3) is 9.36. The minimum atomic E-state index is -5.11. The Balaban J connectivity index is 0.000000385. The molecule has 1 aliphatic rings. The van der Waals surface area contributed by atoms with Crippen molar-refractivity contribution in [3.05, 3.63) is 70.9 Å². The van der Waals surface area contributed by atoms with Crippen molar-refractivity contribution in [1.82, 2.24) is 19.7 Å². The second-order valence-corrected chi connectivity index (χ2v) is 11.0. The number of halogens is 6. The first-order chi connectivity index (χ1) is 20.9. The van der Waals surface area contributed by atoms with E-state index in [4.69, 9.17) is 5.73 Å². The van der Waals surface area contributed by atoms with Crippen LogP contribution in [0, 0.1) is 0 Å². The monoisotopic (exact) mass is 643 g/mol. The van der Waals surface area contributed by atoms with E-state index in [1.807, 2.05) is 0 Å². The number of primary amides is 1. The van der Waals surface area contributed by atoms with Crippen LogP contribution in [0.4, 0.5) is 31.1 Å². The van der Waals surface area contributed by atoms with Crippen molar-refractivity contribution in [2.45, 2.75) is 50.1 Å². The standard InChI is InChI=1S/C22H18F6N2O3.C8H17N3O/c1-30(16(10-19(31)32)8-13-11-29-18-5-3-2-4-17(13)18)20(33)12-6-14(21(23,24)25)9-15(7-12)22(26,27)28;1-10(2)7-3-5-11(6-4-7)8(9)12/h2-7,9,11,16,29H,8,10H2,1H3,(H,31,32);7H,3-6H2,1-2H3,(H2,9,12). The molecule has 0 saturated carbocycles. The number of aromatic amines is 1. The predicted octanol–water partition coefficient (Wildman–Crippen LogP) is 5.45. The summed E-state index contributed by atoms with van der Waals surface area (Å²) in [5, 5.41) is 10.0. The van der Waals surface area contributed by atoms with E-state index in [9.17, 15) is 45.8 Å². The molecule has 0 bridgehead atoms. The van der Waals surface area contributed by atoms with Gasteiger partial charge in [0.1, 0.15) is 0 Å². The minimum absolute atomic E-state index is 0.0175. The van der Waals surface area contributed by atoms with Crippen LogP contribution in [0.5, 0.6) is 0 Å². The molecule has 1 atom stereocenters. The molecule has 246 valence electrons. The van der Waals surface area contributed by atoms with Gasteiger partial charge in [-0.2, -0.15) is 26.3 Å². The van der Waals surface area contributed by atoms with E-state index in [1.165, 1.54) is 0 Å². The number of hydrogen-bond acceptors (Lipinski definition) is 4. The molecule has 0 spiro atoms. The first-order valence-corrected chi connectivity index (χ1v) is 13.9. The molecule has 2 heterocycles. The average molecular weight is 644 g/mol. The van der Waals surface area contributed by atoms with Gasteiger partial charge in [0.2, 0.25) is 0 Å². The van der Waals surface area contributed by atoms with Gasteiger partial charge in [-0.3, -0.25) is 9.59 Å². The van der Waals surface area contributed by atoms with Crippen LogP contribution < -0.4 is 5.73 Å². The highest BCUT2D eigenvalue weighted by atomic mass is 19.4. The molecule has 4 N–H and O–H groups in total. The summed E-state index contributed by atoms with van der Waals surface area (Å²) in [4.78, 5) is 42.8. The summed E-state index contributed by atoms with van der Waals surface area (Å²) in [5.41, 5.74) is 2.48. The quantitative estimate of drug-likeness (QED) is 0.296. The Morgan fingerprint density at radius 1 is 0.978 bits per heavy atom. The van der Waals surface area contributed by atoms with Gasteiger partial charge in [0.05, 0.1) is 17.5 Å². The van der Waals surface area contributed by atoms with Crippen molar-refractivity contribution in [2.24, 2.45) is 5.73 Å². The van der Waals surface area contributed by atoms with Crippen molar-refractivity contribution < 1.29 is 45.8 Å². The third-order valence-corrected chi connectivity index (χ3v) is 7.75. The highest BCUT2D eigenvalue weighted by Crippen LogP contribution is 2.36. The number of nitrogens with zero attached hydrogens (tertiary/aromatic N) is 3. The summed E-state index contributed by atoms with van der Waals surface area (Å²) in [6.45, 7) is 1.61. The van der Waals surface area contributed by atoms with E-state index in [0.29, 0.717) is 23.7 Å². The van der Waals surface area contributed by atoms with Gasteiger partial charge < -0.3 is 30.5 Å². The average Bonchev–Trinajstić information content (AvgIpc) is 3.37. The Morgan fingerprint density at radius 2 is 1.53 bits per heavy atom. The summed E-state index contributed by atoms with van der Waals surface area (Å²) in [6.07, 6.45) is -7.08. The molecule has 9 nitrogen and oxygen atoms in total. The summed E-state index contributed by atoms with van der Waals surface area (Å²) in [7, 11) is 5.30. The number of carboxylic acid groups (broad SMARTS) is 1. The van der Waals surface area contributed by atoms with Crippen LogP contribution in [0.25, 0.3) is 10.9 Å². The van der Waals surface area contributed by atoms with Gasteiger partial charge in [-0.25, -0.2) is 4.79 Å². The Labute approximate surface area is 255 Å². The van der Waals surface area contributed by atoms with Crippen molar-refractivity contribution in [2.75, 3.05) is 34.2 Å². The molecular formula is C30H35F6N5O4. The smallest absolute Gasteiger partial charge is 0.416 e.